The molecule has 0 bridgehead atoms. The number of anilines is 1. The first-order chi connectivity index (χ1) is 17.1. The van der Waals surface area contributed by atoms with Crippen LogP contribution in [0.5, 0.6) is 0 Å². The average molecular weight is 497 g/mol. The van der Waals surface area contributed by atoms with Crippen LogP contribution in [0.4, 0.5) is 5.13 Å². The Balaban J connectivity index is 1.73. The number of ketones is 1. The second-order valence-corrected chi connectivity index (χ2v) is 11.3. The molecule has 0 radical (unpaired) electrons. The highest BCUT2D eigenvalue weighted by molar-refractivity contribution is 7.22. The molecule has 1 aliphatic heterocycles. The maximum absolute atomic E-state index is 13.5. The van der Waals surface area contributed by atoms with Crippen LogP contribution >= 0.6 is 11.3 Å². The number of aromatic nitrogens is 1. The van der Waals surface area contributed by atoms with Crippen LogP contribution < -0.4 is 4.90 Å². The smallest absolute Gasteiger partial charge is 0.301 e. The lowest BCUT2D eigenvalue weighted by Gasteiger charge is -2.24. The van der Waals surface area contributed by atoms with Crippen LogP contribution in [0.3, 0.4) is 0 Å². The van der Waals surface area contributed by atoms with Crippen LogP contribution in [0.15, 0.2) is 72.3 Å². The van der Waals surface area contributed by atoms with Gasteiger partial charge in [-0.05, 0) is 47.6 Å². The van der Waals surface area contributed by atoms with Crippen molar-refractivity contribution in [2.24, 2.45) is 0 Å². The Bertz CT molecular complexity index is 1530. The second kappa shape index (κ2) is 8.71. The summed E-state index contributed by atoms with van der Waals surface area (Å²) in [6, 6.07) is 20.1. The Morgan fingerprint density at radius 2 is 1.64 bits per heavy atom. The molecule has 1 unspecified atom stereocenters. The zero-order chi connectivity index (χ0) is 25.8. The second-order valence-electron chi connectivity index (χ2n) is 10.3. The van der Waals surface area contributed by atoms with Crippen LogP contribution in [0, 0.1) is 13.8 Å². The van der Waals surface area contributed by atoms with Crippen molar-refractivity contribution in [2.75, 3.05) is 4.90 Å². The van der Waals surface area contributed by atoms with Gasteiger partial charge < -0.3 is 5.11 Å². The van der Waals surface area contributed by atoms with Gasteiger partial charge in [0.15, 0.2) is 5.13 Å². The van der Waals surface area contributed by atoms with Crippen molar-refractivity contribution in [1.29, 1.82) is 0 Å². The Morgan fingerprint density at radius 3 is 2.28 bits per heavy atom. The number of hydrogen-bond donors (Lipinski definition) is 1. The molecule has 1 aromatic heterocycles. The number of fused-ring (bicyclic) bond motifs is 1. The number of aryl methyl sites for hydroxylation is 2. The highest BCUT2D eigenvalue weighted by Gasteiger charge is 2.48. The molecule has 182 valence electrons. The Labute approximate surface area is 214 Å². The summed E-state index contributed by atoms with van der Waals surface area (Å²) < 4.78 is 0.953. The van der Waals surface area contributed by atoms with Crippen LogP contribution in [0.25, 0.3) is 16.0 Å². The number of carbonyl (C=O) groups excluding carboxylic acids is 2. The normalized spacial score (nSPS) is 17.8. The van der Waals surface area contributed by atoms with Gasteiger partial charge in [0.2, 0.25) is 0 Å². The number of Topliss-reactive ketones (excluding diaryl/α,β-unsaturated/α-hetero) is 1. The first-order valence-electron chi connectivity index (χ1n) is 11.9. The monoisotopic (exact) mass is 496 g/mol. The third kappa shape index (κ3) is 4.01. The van der Waals surface area contributed by atoms with Crippen molar-refractivity contribution in [2.45, 2.75) is 46.1 Å². The van der Waals surface area contributed by atoms with Crippen molar-refractivity contribution < 1.29 is 14.7 Å². The lowest BCUT2D eigenvalue weighted by Crippen LogP contribution is -2.29. The molecular formula is C30H28N2O3S. The van der Waals surface area contributed by atoms with Crippen molar-refractivity contribution in [1.82, 2.24) is 4.98 Å². The summed E-state index contributed by atoms with van der Waals surface area (Å²) in [6.45, 7) is 10.4. The number of benzene rings is 3. The SMILES string of the molecule is Cc1cc(C)c2nc(N3C(=O)C(=O)/C(=C(/O)c4ccccc4)C3c3ccc(C(C)(C)C)cc3)sc2c1. The van der Waals surface area contributed by atoms with Gasteiger partial charge in [-0.15, -0.1) is 0 Å². The quantitative estimate of drug-likeness (QED) is 0.192. The van der Waals surface area contributed by atoms with E-state index in [0.717, 1.165) is 32.5 Å². The van der Waals surface area contributed by atoms with Gasteiger partial charge in [-0.1, -0.05) is 92.8 Å². The maximum atomic E-state index is 13.5. The minimum Gasteiger partial charge on any atom is -0.507 e. The van der Waals surface area contributed by atoms with E-state index < -0.39 is 17.7 Å². The van der Waals surface area contributed by atoms with Gasteiger partial charge in [0.1, 0.15) is 5.76 Å². The molecule has 6 heteroatoms. The fraction of sp³-hybridized carbons (Fsp3) is 0.233. The fourth-order valence-corrected chi connectivity index (χ4v) is 5.89. The summed E-state index contributed by atoms with van der Waals surface area (Å²) in [5.41, 5.74) is 5.32. The Hall–Kier alpha value is -3.77. The topological polar surface area (TPSA) is 70.5 Å². The molecule has 5 rings (SSSR count). The molecule has 0 aliphatic carbocycles. The minimum atomic E-state index is -0.791. The molecule has 4 aromatic rings. The number of aliphatic hydroxyl groups excluding tert-OH is 1. The standard InChI is InChI=1S/C30H28N2O3S/c1-17-15-18(2)24-22(16-17)36-29(31-24)32-25(19-11-13-21(14-12-19)30(3,4)5)23(27(34)28(32)35)26(33)20-9-7-6-8-10-20/h6-16,25,33H,1-5H3/b26-23+. The van der Waals surface area contributed by atoms with E-state index >= 15 is 0 Å². The first kappa shape index (κ1) is 23.9. The zero-order valence-electron chi connectivity index (χ0n) is 21.0. The van der Waals surface area contributed by atoms with E-state index in [9.17, 15) is 14.7 Å². The number of nitrogens with zero attached hydrogens (tertiary/aromatic N) is 2. The molecule has 0 spiro atoms. The molecule has 1 N–H and O–H groups in total. The van der Waals surface area contributed by atoms with Crippen LogP contribution in [-0.2, 0) is 15.0 Å². The van der Waals surface area contributed by atoms with Gasteiger partial charge in [0.05, 0.1) is 21.8 Å². The summed E-state index contributed by atoms with van der Waals surface area (Å²) in [7, 11) is 0. The van der Waals surface area contributed by atoms with Crippen LogP contribution in [0.2, 0.25) is 0 Å². The molecule has 3 aromatic carbocycles. The molecule has 1 fully saturated rings. The molecule has 0 saturated carbocycles. The van der Waals surface area contributed by atoms with Gasteiger partial charge in [-0.3, -0.25) is 14.5 Å². The maximum Gasteiger partial charge on any atom is 0.301 e. The molecule has 36 heavy (non-hydrogen) atoms. The number of amides is 1. The van der Waals surface area contributed by atoms with E-state index in [-0.39, 0.29) is 16.7 Å². The number of rotatable bonds is 3. The van der Waals surface area contributed by atoms with Crippen molar-refractivity contribution in [3.63, 3.8) is 0 Å². The minimum absolute atomic E-state index is 0.0488. The lowest BCUT2D eigenvalue weighted by atomic mass is 9.85. The highest BCUT2D eigenvalue weighted by Crippen LogP contribution is 2.45. The molecule has 5 nitrogen and oxygen atoms in total. The van der Waals surface area contributed by atoms with Crippen LogP contribution in [0.1, 0.15) is 54.6 Å². The van der Waals surface area contributed by atoms with E-state index in [1.165, 1.54) is 16.2 Å². The van der Waals surface area contributed by atoms with Crippen LogP contribution in [-0.4, -0.2) is 21.8 Å². The summed E-state index contributed by atoms with van der Waals surface area (Å²) in [4.78, 5) is 33.1. The number of carbonyl (C=O) groups is 2. The number of thiazole rings is 1. The molecular weight excluding hydrogens is 468 g/mol. The van der Waals surface area contributed by atoms with E-state index in [2.05, 4.69) is 26.8 Å². The average Bonchev–Trinajstić information content (AvgIpc) is 3.37. The third-order valence-electron chi connectivity index (χ3n) is 6.61. The third-order valence-corrected chi connectivity index (χ3v) is 7.61. The highest BCUT2D eigenvalue weighted by atomic mass is 32.1. The van der Waals surface area contributed by atoms with Crippen molar-refractivity contribution in [3.8, 4) is 0 Å². The largest absolute Gasteiger partial charge is 0.507 e. The van der Waals surface area contributed by atoms with E-state index in [1.807, 2.05) is 50.2 Å². The molecule has 1 saturated heterocycles. The summed E-state index contributed by atoms with van der Waals surface area (Å²) in [5.74, 6) is -1.59. The molecule has 1 aliphatic rings. The van der Waals surface area contributed by atoms with Gasteiger partial charge in [-0.2, -0.15) is 0 Å². The van der Waals surface area contributed by atoms with E-state index in [0.29, 0.717) is 10.7 Å². The van der Waals surface area contributed by atoms with Gasteiger partial charge >= 0.3 is 5.91 Å². The Morgan fingerprint density at radius 1 is 0.972 bits per heavy atom. The fourth-order valence-electron chi connectivity index (χ4n) is 4.72. The summed E-state index contributed by atoms with van der Waals surface area (Å²) >= 11 is 1.38. The van der Waals surface area contributed by atoms with Gasteiger partial charge in [-0.25, -0.2) is 4.98 Å². The summed E-state index contributed by atoms with van der Waals surface area (Å²) in [6.07, 6.45) is 0. The number of aliphatic hydroxyl groups is 1. The number of hydrogen-bond acceptors (Lipinski definition) is 5. The molecule has 1 amide bonds. The molecule has 1 atom stereocenters. The predicted molar refractivity (Wildman–Crippen MR) is 145 cm³/mol. The van der Waals surface area contributed by atoms with Gasteiger partial charge in [0.25, 0.3) is 5.78 Å². The lowest BCUT2D eigenvalue weighted by molar-refractivity contribution is -0.132. The van der Waals surface area contributed by atoms with Crippen molar-refractivity contribution >= 4 is 44.1 Å². The van der Waals surface area contributed by atoms with E-state index in [1.54, 1.807) is 24.3 Å². The van der Waals surface area contributed by atoms with E-state index in [4.69, 9.17) is 4.98 Å². The summed E-state index contributed by atoms with van der Waals surface area (Å²) in [5, 5.41) is 11.7. The zero-order valence-corrected chi connectivity index (χ0v) is 21.8. The van der Waals surface area contributed by atoms with Gasteiger partial charge in [0, 0.05) is 5.56 Å². The molecule has 2 heterocycles. The van der Waals surface area contributed by atoms with Crippen molar-refractivity contribution in [3.05, 3.63) is 100 Å². The predicted octanol–water partition coefficient (Wildman–Crippen LogP) is 6.84. The first-order valence-corrected chi connectivity index (χ1v) is 12.7. The Kier molecular flexibility index (Phi) is 5.80.